The lowest BCUT2D eigenvalue weighted by Crippen LogP contribution is -2.46. The maximum atomic E-state index is 14.2. The first-order chi connectivity index (χ1) is 20.7. The molecule has 0 radical (unpaired) electrons. The molecule has 0 aliphatic carbocycles. The highest BCUT2D eigenvalue weighted by Gasteiger charge is 2.36. The van der Waals surface area contributed by atoms with Gasteiger partial charge in [0.2, 0.25) is 5.95 Å². The number of rotatable bonds is 5. The van der Waals surface area contributed by atoms with Crippen LogP contribution in [0.1, 0.15) is 62.8 Å². The van der Waals surface area contributed by atoms with Crippen LogP contribution in [-0.4, -0.2) is 49.1 Å². The van der Waals surface area contributed by atoms with E-state index in [0.29, 0.717) is 29.1 Å². The van der Waals surface area contributed by atoms with Crippen LogP contribution in [-0.2, 0) is 25.6 Å². The predicted octanol–water partition coefficient (Wildman–Crippen LogP) is 5.56. The molecule has 1 aliphatic rings. The summed E-state index contributed by atoms with van der Waals surface area (Å²) in [5.41, 5.74) is 0.914. The molecule has 0 bridgehead atoms. The highest BCUT2D eigenvalue weighted by atomic mass is 35.5. The number of benzene rings is 2. The number of halogens is 5. The topological polar surface area (TPSA) is 102 Å². The molecule has 2 amide bonds. The highest BCUT2D eigenvalue weighted by Crippen LogP contribution is 2.36. The summed E-state index contributed by atoms with van der Waals surface area (Å²) in [5, 5.41) is 6.74. The molecule has 44 heavy (non-hydrogen) atoms. The van der Waals surface area contributed by atoms with Crippen molar-refractivity contribution in [1.29, 1.82) is 0 Å². The number of carbonyl (C=O) groups is 2. The van der Waals surface area contributed by atoms with Crippen LogP contribution in [0.4, 0.5) is 13.2 Å². The van der Waals surface area contributed by atoms with Crippen LogP contribution in [0, 0.1) is 6.92 Å². The molecule has 1 atom stereocenters. The molecule has 4 aromatic rings. The number of hydrogen-bond acceptors (Lipinski definition) is 5. The maximum Gasteiger partial charge on any atom is 0.417 e. The van der Waals surface area contributed by atoms with Gasteiger partial charge in [-0.3, -0.25) is 14.4 Å². The van der Waals surface area contributed by atoms with Gasteiger partial charge in [0.25, 0.3) is 17.4 Å². The van der Waals surface area contributed by atoms with Crippen LogP contribution in [0.15, 0.2) is 47.3 Å². The minimum absolute atomic E-state index is 0.0925. The Kier molecular flexibility index (Phi) is 8.34. The molecular weight excluding hydrogens is 620 g/mol. The quantitative estimate of drug-likeness (QED) is 0.306. The van der Waals surface area contributed by atoms with E-state index in [1.807, 2.05) is 13.0 Å². The van der Waals surface area contributed by atoms with Crippen LogP contribution >= 0.6 is 23.2 Å². The first-order valence-corrected chi connectivity index (χ1v) is 14.4. The van der Waals surface area contributed by atoms with Crippen molar-refractivity contribution in [2.24, 2.45) is 0 Å². The average Bonchev–Trinajstić information content (AvgIpc) is 3.36. The molecule has 1 N–H and O–H groups in total. The Labute approximate surface area is 260 Å². The summed E-state index contributed by atoms with van der Waals surface area (Å²) in [5.74, 6) is -0.921. The molecule has 3 heterocycles. The van der Waals surface area contributed by atoms with Crippen LogP contribution < -0.4 is 10.9 Å². The molecular formula is C30H27Cl2F3N6O3. The monoisotopic (exact) mass is 646 g/mol. The Hall–Kier alpha value is -4.16. The Balaban J connectivity index is 1.65. The molecule has 0 saturated carbocycles. The number of hydrogen-bond donors (Lipinski definition) is 1. The summed E-state index contributed by atoms with van der Waals surface area (Å²) >= 11 is 12.2. The van der Waals surface area contributed by atoms with Crippen molar-refractivity contribution < 1.29 is 22.8 Å². The number of carbonyl (C=O) groups excluding carboxylic acids is 2. The first-order valence-electron chi connectivity index (χ1n) is 13.7. The fourth-order valence-electron chi connectivity index (χ4n) is 5.21. The zero-order valence-corrected chi connectivity index (χ0v) is 25.6. The molecule has 0 unspecified atom stereocenters. The van der Waals surface area contributed by atoms with E-state index in [9.17, 15) is 27.6 Å². The fraction of sp³-hybridized carbons (Fsp3) is 0.300. The summed E-state index contributed by atoms with van der Waals surface area (Å²) in [6, 6.07) is 8.90. The molecule has 0 saturated heterocycles. The van der Waals surface area contributed by atoms with E-state index in [4.69, 9.17) is 28.2 Å². The largest absolute Gasteiger partial charge is 0.417 e. The second-order valence-corrected chi connectivity index (χ2v) is 11.3. The van der Waals surface area contributed by atoms with E-state index < -0.39 is 40.2 Å². The molecule has 2 aromatic heterocycles. The van der Waals surface area contributed by atoms with Crippen molar-refractivity contribution in [2.45, 2.75) is 52.4 Å². The van der Waals surface area contributed by atoms with E-state index in [0.717, 1.165) is 17.8 Å². The van der Waals surface area contributed by atoms with E-state index in [1.54, 1.807) is 19.9 Å². The smallest absolute Gasteiger partial charge is 0.355 e. The van der Waals surface area contributed by atoms with Crippen molar-refractivity contribution >= 4 is 35.0 Å². The number of alkyl halides is 3. The van der Waals surface area contributed by atoms with Gasteiger partial charge in [-0.2, -0.15) is 18.3 Å². The molecule has 230 valence electrons. The second-order valence-electron chi connectivity index (χ2n) is 10.4. The number of nitrogens with one attached hydrogen (secondary N) is 1. The zero-order valence-electron chi connectivity index (χ0n) is 24.1. The van der Waals surface area contributed by atoms with Crippen molar-refractivity contribution in [3.05, 3.63) is 102 Å². The summed E-state index contributed by atoms with van der Waals surface area (Å²) < 4.78 is 43.4. The lowest BCUT2D eigenvalue weighted by molar-refractivity contribution is -0.137. The lowest BCUT2D eigenvalue weighted by Gasteiger charge is -2.34. The van der Waals surface area contributed by atoms with Crippen molar-refractivity contribution in [3.63, 3.8) is 0 Å². The summed E-state index contributed by atoms with van der Waals surface area (Å²) in [7, 11) is 1.48. The van der Waals surface area contributed by atoms with Crippen molar-refractivity contribution in [1.82, 2.24) is 29.5 Å². The first kappa shape index (κ1) is 31.3. The molecule has 9 nitrogen and oxygen atoms in total. The van der Waals surface area contributed by atoms with Gasteiger partial charge in [-0.1, -0.05) is 30.1 Å². The summed E-state index contributed by atoms with van der Waals surface area (Å²) in [6.07, 6.45) is -4.03. The number of aryl methyl sites for hydroxylation is 2. The van der Waals surface area contributed by atoms with Crippen LogP contribution in [0.5, 0.6) is 0 Å². The van der Waals surface area contributed by atoms with Gasteiger partial charge in [0, 0.05) is 29.9 Å². The number of amides is 2. The van der Waals surface area contributed by atoms with E-state index in [2.05, 4.69) is 10.4 Å². The molecule has 1 aliphatic heterocycles. The lowest BCUT2D eigenvalue weighted by atomic mass is 9.98. The van der Waals surface area contributed by atoms with Gasteiger partial charge in [-0.25, -0.2) is 14.2 Å². The van der Waals surface area contributed by atoms with Crippen LogP contribution in [0.2, 0.25) is 10.0 Å². The molecule has 14 heteroatoms. The second kappa shape index (κ2) is 11.7. The minimum atomic E-state index is -4.74. The Morgan fingerprint density at radius 2 is 1.82 bits per heavy atom. The third kappa shape index (κ3) is 5.59. The highest BCUT2D eigenvalue weighted by molar-refractivity contribution is 6.34. The van der Waals surface area contributed by atoms with Crippen LogP contribution in [0.25, 0.3) is 11.6 Å². The summed E-state index contributed by atoms with van der Waals surface area (Å²) in [6.45, 7) is 5.32. The van der Waals surface area contributed by atoms with E-state index in [1.165, 1.54) is 39.4 Å². The van der Waals surface area contributed by atoms with Gasteiger partial charge in [0.15, 0.2) is 0 Å². The number of aromatic nitrogens is 4. The van der Waals surface area contributed by atoms with Gasteiger partial charge in [-0.05, 0) is 69.2 Å². The van der Waals surface area contributed by atoms with Crippen molar-refractivity contribution in [3.8, 4) is 11.6 Å². The third-order valence-electron chi connectivity index (χ3n) is 7.55. The van der Waals surface area contributed by atoms with Crippen LogP contribution in [0.3, 0.4) is 0 Å². The maximum absolute atomic E-state index is 14.2. The molecule has 2 aromatic carbocycles. The Morgan fingerprint density at radius 1 is 1.09 bits per heavy atom. The zero-order chi connectivity index (χ0) is 32.1. The van der Waals surface area contributed by atoms with Crippen molar-refractivity contribution in [2.75, 3.05) is 7.05 Å². The average molecular weight is 647 g/mol. The van der Waals surface area contributed by atoms with E-state index >= 15 is 0 Å². The third-order valence-corrected chi connectivity index (χ3v) is 8.19. The number of fused-ring (bicyclic) bond motifs is 1. The summed E-state index contributed by atoms with van der Waals surface area (Å²) in [4.78, 5) is 46.1. The van der Waals surface area contributed by atoms with Gasteiger partial charge in [0.05, 0.1) is 44.8 Å². The Bertz CT molecular complexity index is 1870. The van der Waals surface area contributed by atoms with Gasteiger partial charge in [0.1, 0.15) is 0 Å². The SMILES string of the molecule is CCc1cc(C)n(-c2nc3c(c(=O)n2-c2ccc(C(=O)NC)c(Cl)c2)C[C@@H](C)N(C(=O)c2ccc(Cl)c(C(F)(F)F)c2)C3)n1. The predicted molar refractivity (Wildman–Crippen MR) is 159 cm³/mol. The Morgan fingerprint density at radius 3 is 2.43 bits per heavy atom. The van der Waals surface area contributed by atoms with E-state index in [-0.39, 0.29) is 35.1 Å². The minimum Gasteiger partial charge on any atom is -0.355 e. The number of nitrogens with zero attached hydrogens (tertiary/aromatic N) is 5. The molecule has 0 spiro atoms. The van der Waals surface area contributed by atoms with Gasteiger partial charge >= 0.3 is 6.18 Å². The normalized spacial score (nSPS) is 14.8. The fourth-order valence-corrected chi connectivity index (χ4v) is 5.70. The van der Waals surface area contributed by atoms with Gasteiger partial charge in [-0.15, -0.1) is 0 Å². The van der Waals surface area contributed by atoms with Gasteiger partial charge < -0.3 is 10.2 Å². The molecule has 0 fully saturated rings. The molecule has 5 rings (SSSR count). The standard InChI is InChI=1S/C30H27Cl2F3N6O3/c1-5-18-10-16(3)41(38-18)29-37-25-14-39(27(43)17-6-9-23(31)22(12-17)30(33,34)35)15(2)11-21(25)28(44)40(29)19-7-8-20(24(32)13-19)26(42)36-4/h6-10,12-13,15H,5,11,14H2,1-4H3,(H,36,42)/t15-/m1/s1.